The second-order valence-electron chi connectivity index (χ2n) is 4.61. The monoisotopic (exact) mass is 223 g/mol. The summed E-state index contributed by atoms with van der Waals surface area (Å²) in [5, 5.41) is 3.19. The van der Waals surface area contributed by atoms with Gasteiger partial charge in [-0.2, -0.15) is 0 Å². The Kier molecular flexibility index (Phi) is 2.74. The third kappa shape index (κ3) is 1.77. The fourth-order valence-corrected chi connectivity index (χ4v) is 4.42. The lowest BCUT2D eigenvalue weighted by Gasteiger charge is -2.34. The van der Waals surface area contributed by atoms with Crippen LogP contribution in [0.3, 0.4) is 0 Å². The summed E-state index contributed by atoms with van der Waals surface area (Å²) in [6, 6.07) is 10.2. The van der Waals surface area contributed by atoms with Gasteiger partial charge in [0.15, 0.2) is 0 Å². The summed E-state index contributed by atoms with van der Waals surface area (Å²) in [5.41, 5.74) is 1.18. The van der Waals surface area contributed by atoms with Crippen LogP contribution in [0.4, 0.5) is 0 Å². The second-order valence-corrected chi connectivity index (χ2v) is 8.07. The minimum absolute atomic E-state index is 0.270. The normalized spacial score (nSPS) is 26.8. The van der Waals surface area contributed by atoms with Gasteiger partial charge in [0, 0.05) is 0 Å². The van der Waals surface area contributed by atoms with Gasteiger partial charge in [0.2, 0.25) is 0 Å². The lowest BCUT2D eigenvalue weighted by molar-refractivity contribution is 0.498. The maximum atomic E-state index is 12.5. The second kappa shape index (κ2) is 3.77. The molecule has 0 spiro atoms. The van der Waals surface area contributed by atoms with Crippen LogP contribution in [-0.2, 0) is 9.85 Å². The molecule has 15 heavy (non-hydrogen) atoms. The van der Waals surface area contributed by atoms with E-state index in [2.05, 4.69) is 17.4 Å². The van der Waals surface area contributed by atoms with Crippen molar-refractivity contribution in [2.75, 3.05) is 19.9 Å². The molecule has 1 aromatic rings. The van der Waals surface area contributed by atoms with E-state index in [1.165, 1.54) is 5.56 Å². The number of hydrogen-bond donors (Lipinski definition) is 1. The largest absolute Gasteiger partial charge is 0.322 e. The fourth-order valence-electron chi connectivity index (χ4n) is 2.46. The number of rotatable bonds is 2. The summed E-state index contributed by atoms with van der Waals surface area (Å²) in [5.74, 6) is 0. The summed E-state index contributed by atoms with van der Waals surface area (Å²) in [7, 11) is -2.18. The van der Waals surface area contributed by atoms with Crippen LogP contribution in [0, 0.1) is 0 Å². The van der Waals surface area contributed by atoms with Gasteiger partial charge in [-0.05, 0) is 38.3 Å². The van der Waals surface area contributed by atoms with Gasteiger partial charge in [-0.3, -0.25) is 0 Å². The first kappa shape index (κ1) is 10.9. The van der Waals surface area contributed by atoms with Gasteiger partial charge in [-0.25, -0.2) is 0 Å². The van der Waals surface area contributed by atoms with Gasteiger partial charge in [0.1, 0.15) is 7.14 Å². The van der Waals surface area contributed by atoms with Crippen LogP contribution in [-0.4, -0.2) is 19.9 Å². The van der Waals surface area contributed by atoms with E-state index in [-0.39, 0.29) is 5.28 Å². The first-order valence-electron chi connectivity index (χ1n) is 5.42. The van der Waals surface area contributed by atoms with Crippen molar-refractivity contribution in [2.45, 2.75) is 18.1 Å². The maximum absolute atomic E-state index is 12.5. The molecule has 82 valence electrons. The van der Waals surface area contributed by atoms with E-state index in [0.29, 0.717) is 0 Å². The standard InChI is InChI=1S/C12H18NOP/c1-15(2,14)12(9-6-10-13-12)11-7-4-3-5-8-11/h3-5,7-8,13H,6,9-10H2,1-2H3. The van der Waals surface area contributed by atoms with Gasteiger partial charge in [-0.1, -0.05) is 30.3 Å². The Morgan fingerprint density at radius 3 is 2.40 bits per heavy atom. The predicted molar refractivity (Wildman–Crippen MR) is 64.8 cm³/mol. The first-order valence-corrected chi connectivity index (χ1v) is 8.02. The highest BCUT2D eigenvalue weighted by molar-refractivity contribution is 7.63. The summed E-state index contributed by atoms with van der Waals surface area (Å²) in [4.78, 5) is 0. The minimum Gasteiger partial charge on any atom is -0.322 e. The van der Waals surface area contributed by atoms with Crippen molar-refractivity contribution in [2.24, 2.45) is 0 Å². The SMILES string of the molecule is CP(C)(=O)C1(c2ccccc2)CCCN1. The molecule has 2 nitrogen and oxygen atoms in total. The van der Waals surface area contributed by atoms with Crippen molar-refractivity contribution in [1.29, 1.82) is 0 Å². The first-order chi connectivity index (χ1) is 7.06. The molecule has 2 rings (SSSR count). The topological polar surface area (TPSA) is 29.1 Å². The van der Waals surface area contributed by atoms with E-state index in [4.69, 9.17) is 0 Å². The van der Waals surface area contributed by atoms with E-state index >= 15 is 0 Å². The number of hydrogen-bond acceptors (Lipinski definition) is 2. The van der Waals surface area contributed by atoms with Crippen molar-refractivity contribution in [3.05, 3.63) is 35.9 Å². The van der Waals surface area contributed by atoms with Crippen LogP contribution >= 0.6 is 7.14 Å². The zero-order valence-electron chi connectivity index (χ0n) is 9.36. The smallest absolute Gasteiger partial charge is 0.105 e. The molecule has 1 fully saturated rings. The zero-order valence-corrected chi connectivity index (χ0v) is 10.3. The van der Waals surface area contributed by atoms with Crippen LogP contribution in [0.1, 0.15) is 18.4 Å². The molecule has 0 aromatic heterocycles. The van der Waals surface area contributed by atoms with Gasteiger partial charge >= 0.3 is 0 Å². The molecule has 1 aromatic carbocycles. The van der Waals surface area contributed by atoms with Gasteiger partial charge in [-0.15, -0.1) is 0 Å². The van der Waals surface area contributed by atoms with E-state index in [1.54, 1.807) is 0 Å². The minimum atomic E-state index is -2.18. The van der Waals surface area contributed by atoms with Crippen molar-refractivity contribution < 1.29 is 4.57 Å². The van der Waals surface area contributed by atoms with Crippen LogP contribution < -0.4 is 5.32 Å². The molecule has 0 aliphatic carbocycles. The Morgan fingerprint density at radius 2 is 1.93 bits per heavy atom. The van der Waals surface area contributed by atoms with Crippen molar-refractivity contribution in [3.8, 4) is 0 Å². The lowest BCUT2D eigenvalue weighted by Crippen LogP contribution is -2.36. The molecule has 1 aliphatic heterocycles. The molecular formula is C12H18NOP. The van der Waals surface area contributed by atoms with E-state index in [9.17, 15) is 4.57 Å². The van der Waals surface area contributed by atoms with Crippen LogP contribution in [0.5, 0.6) is 0 Å². The third-order valence-corrected chi connectivity index (χ3v) is 5.78. The van der Waals surface area contributed by atoms with Crippen LogP contribution in [0.2, 0.25) is 0 Å². The molecular weight excluding hydrogens is 205 g/mol. The quantitative estimate of drug-likeness (QED) is 0.781. The summed E-state index contributed by atoms with van der Waals surface area (Å²) in [6.45, 7) is 4.75. The number of nitrogens with one attached hydrogen (secondary N) is 1. The molecule has 0 bridgehead atoms. The predicted octanol–water partition coefficient (Wildman–Crippen LogP) is 2.85. The highest BCUT2D eigenvalue weighted by atomic mass is 31.2. The Morgan fingerprint density at radius 1 is 1.27 bits per heavy atom. The van der Waals surface area contributed by atoms with E-state index < -0.39 is 7.14 Å². The van der Waals surface area contributed by atoms with Gasteiger partial charge in [0.05, 0.1) is 5.28 Å². The van der Waals surface area contributed by atoms with Gasteiger partial charge < -0.3 is 9.88 Å². The number of benzene rings is 1. The molecule has 0 radical (unpaired) electrons. The zero-order chi connectivity index (χ0) is 10.9. The molecule has 1 saturated heterocycles. The molecule has 3 heteroatoms. The highest BCUT2D eigenvalue weighted by Crippen LogP contribution is 2.59. The van der Waals surface area contributed by atoms with E-state index in [0.717, 1.165) is 19.4 Å². The average molecular weight is 223 g/mol. The molecule has 1 unspecified atom stereocenters. The molecule has 1 N–H and O–H groups in total. The summed E-state index contributed by atoms with van der Waals surface area (Å²) < 4.78 is 12.5. The molecule has 1 atom stereocenters. The van der Waals surface area contributed by atoms with E-state index in [1.807, 2.05) is 31.5 Å². The average Bonchev–Trinajstić information content (AvgIpc) is 2.68. The third-order valence-electron chi connectivity index (χ3n) is 3.30. The van der Waals surface area contributed by atoms with Gasteiger partial charge in [0.25, 0.3) is 0 Å². The summed E-state index contributed by atoms with van der Waals surface area (Å²) in [6.07, 6.45) is 2.10. The Balaban J connectivity index is 2.49. The van der Waals surface area contributed by atoms with Crippen molar-refractivity contribution in [3.63, 3.8) is 0 Å². The fraction of sp³-hybridized carbons (Fsp3) is 0.500. The Labute approximate surface area is 91.5 Å². The maximum Gasteiger partial charge on any atom is 0.105 e. The van der Waals surface area contributed by atoms with Crippen molar-refractivity contribution in [1.82, 2.24) is 5.32 Å². The lowest BCUT2D eigenvalue weighted by atomic mass is 10.0. The van der Waals surface area contributed by atoms with Crippen molar-refractivity contribution >= 4 is 7.14 Å². The molecule has 1 aliphatic rings. The van der Waals surface area contributed by atoms with Crippen LogP contribution in [0.15, 0.2) is 30.3 Å². The van der Waals surface area contributed by atoms with Crippen LogP contribution in [0.25, 0.3) is 0 Å². The summed E-state index contributed by atoms with van der Waals surface area (Å²) >= 11 is 0. The Hall–Kier alpha value is -0.590. The molecule has 0 amide bonds. The highest BCUT2D eigenvalue weighted by Gasteiger charge is 2.45. The Bertz CT molecular complexity index is 376. The molecule has 1 heterocycles. The molecule has 0 saturated carbocycles.